The van der Waals surface area contributed by atoms with Gasteiger partial charge < -0.3 is 4.74 Å². The summed E-state index contributed by atoms with van der Waals surface area (Å²) in [6, 6.07) is 4.65. The van der Waals surface area contributed by atoms with Gasteiger partial charge in [-0.25, -0.2) is 22.6 Å². The van der Waals surface area contributed by atoms with Crippen molar-refractivity contribution in [3.8, 4) is 5.75 Å². The first kappa shape index (κ1) is 18.7. The van der Waals surface area contributed by atoms with Gasteiger partial charge in [0.05, 0.1) is 12.0 Å². The average Bonchev–Trinajstić information content (AvgIpc) is 2.78. The minimum absolute atomic E-state index is 0.161. The smallest absolute Gasteiger partial charge is 0.345 e. The van der Waals surface area contributed by atoms with Crippen molar-refractivity contribution in [2.24, 2.45) is 7.05 Å². The third-order valence-corrected chi connectivity index (χ3v) is 6.29. The van der Waals surface area contributed by atoms with Crippen LogP contribution in [0.25, 0.3) is 0 Å². The molecule has 142 valence electrons. The van der Waals surface area contributed by atoms with Crippen molar-refractivity contribution in [2.45, 2.75) is 50.1 Å². The molecule has 8 nitrogen and oxygen atoms in total. The molecule has 0 spiro atoms. The monoisotopic (exact) mass is 380 g/mol. The lowest BCUT2D eigenvalue weighted by atomic mass is 10.1. The molecule has 2 heterocycles. The number of sulfonamides is 1. The number of aromatic nitrogens is 3. The summed E-state index contributed by atoms with van der Waals surface area (Å²) in [6.45, 7) is 2.41. The first-order valence-electron chi connectivity index (χ1n) is 8.67. The van der Waals surface area contributed by atoms with E-state index in [0.717, 1.165) is 5.56 Å². The van der Waals surface area contributed by atoms with Crippen molar-refractivity contribution in [1.29, 1.82) is 0 Å². The van der Waals surface area contributed by atoms with Gasteiger partial charge in [-0.1, -0.05) is 6.92 Å². The molecule has 0 radical (unpaired) electrons. The summed E-state index contributed by atoms with van der Waals surface area (Å²) in [6.07, 6.45) is 2.40. The van der Waals surface area contributed by atoms with Gasteiger partial charge in [0.25, 0.3) is 0 Å². The Bertz CT molecular complexity index is 962. The highest BCUT2D eigenvalue weighted by molar-refractivity contribution is 7.89. The maximum absolute atomic E-state index is 12.8. The number of rotatable bonds is 5. The number of aryl methyl sites for hydroxylation is 3. The predicted molar refractivity (Wildman–Crippen MR) is 96.9 cm³/mol. The van der Waals surface area contributed by atoms with E-state index in [9.17, 15) is 13.2 Å². The van der Waals surface area contributed by atoms with Gasteiger partial charge in [-0.2, -0.15) is 5.10 Å². The summed E-state index contributed by atoms with van der Waals surface area (Å²) in [7, 11) is -0.447. The molecule has 1 aliphatic rings. The van der Waals surface area contributed by atoms with Crippen LogP contribution in [0.5, 0.6) is 5.75 Å². The van der Waals surface area contributed by atoms with Crippen LogP contribution in [0.2, 0.25) is 0 Å². The van der Waals surface area contributed by atoms with E-state index in [4.69, 9.17) is 4.74 Å². The summed E-state index contributed by atoms with van der Waals surface area (Å²) in [4.78, 5) is 12.3. The molecule has 1 N–H and O–H groups in total. The molecule has 1 unspecified atom stereocenters. The van der Waals surface area contributed by atoms with Gasteiger partial charge in [-0.3, -0.25) is 4.57 Å². The van der Waals surface area contributed by atoms with Crippen LogP contribution in [0, 0.1) is 0 Å². The number of hydrogen-bond donors (Lipinski definition) is 1. The van der Waals surface area contributed by atoms with Gasteiger partial charge in [-0.05, 0) is 43.0 Å². The normalized spacial score (nSPS) is 17.6. The molecule has 9 heteroatoms. The summed E-state index contributed by atoms with van der Waals surface area (Å²) >= 11 is 0. The largest absolute Gasteiger partial charge is 0.496 e. The predicted octanol–water partition coefficient (Wildman–Crippen LogP) is 0.836. The van der Waals surface area contributed by atoms with Crippen LogP contribution < -0.4 is 15.1 Å². The van der Waals surface area contributed by atoms with Crippen molar-refractivity contribution in [3.05, 3.63) is 40.1 Å². The Morgan fingerprint density at radius 1 is 1.35 bits per heavy atom. The molecule has 2 aromatic rings. The van der Waals surface area contributed by atoms with Gasteiger partial charge in [0.1, 0.15) is 11.6 Å². The van der Waals surface area contributed by atoms with E-state index in [2.05, 4.69) is 9.82 Å². The Morgan fingerprint density at radius 3 is 2.81 bits per heavy atom. The van der Waals surface area contributed by atoms with Crippen LogP contribution in [-0.4, -0.2) is 35.9 Å². The summed E-state index contributed by atoms with van der Waals surface area (Å²) in [5.74, 6) is 1.39. The van der Waals surface area contributed by atoms with Gasteiger partial charge in [0.15, 0.2) is 0 Å². The van der Waals surface area contributed by atoms with Gasteiger partial charge in [0, 0.05) is 26.1 Å². The number of methoxy groups -OCH3 is 1. The zero-order valence-electron chi connectivity index (χ0n) is 15.2. The Balaban J connectivity index is 1.77. The first-order valence-corrected chi connectivity index (χ1v) is 10.2. The minimum atomic E-state index is -3.64. The standard InChI is InChI=1S/C17H24N4O4S/c1-4-12-11-14(6-7-15(12)25-3)26(23,24)19-13-5-8-16-18-20(2)17(22)21(16)10-9-13/h6-7,11,13,19H,4-5,8-10H2,1-3H3. The van der Waals surface area contributed by atoms with Crippen molar-refractivity contribution >= 4 is 10.0 Å². The van der Waals surface area contributed by atoms with E-state index in [0.29, 0.717) is 43.8 Å². The van der Waals surface area contributed by atoms with Crippen molar-refractivity contribution in [3.63, 3.8) is 0 Å². The Labute approximate surface area is 152 Å². The van der Waals surface area contributed by atoms with E-state index < -0.39 is 10.0 Å². The van der Waals surface area contributed by atoms with E-state index in [-0.39, 0.29) is 16.6 Å². The van der Waals surface area contributed by atoms with Crippen LogP contribution in [0.3, 0.4) is 0 Å². The molecule has 0 aliphatic carbocycles. The fraction of sp³-hybridized carbons (Fsp3) is 0.529. The lowest BCUT2D eigenvalue weighted by molar-refractivity contribution is 0.409. The molecule has 3 rings (SSSR count). The number of nitrogens with zero attached hydrogens (tertiary/aromatic N) is 3. The van der Waals surface area contributed by atoms with Crippen LogP contribution >= 0.6 is 0 Å². The second-order valence-corrected chi connectivity index (χ2v) is 8.16. The number of hydrogen-bond acceptors (Lipinski definition) is 5. The number of fused-ring (bicyclic) bond motifs is 1. The number of nitrogens with one attached hydrogen (secondary N) is 1. The number of benzene rings is 1. The minimum Gasteiger partial charge on any atom is -0.496 e. The third-order valence-electron chi connectivity index (χ3n) is 4.77. The highest BCUT2D eigenvalue weighted by atomic mass is 32.2. The van der Waals surface area contributed by atoms with Gasteiger partial charge in [-0.15, -0.1) is 0 Å². The van der Waals surface area contributed by atoms with Crippen molar-refractivity contribution in [1.82, 2.24) is 19.1 Å². The molecule has 0 saturated heterocycles. The molecule has 1 atom stereocenters. The SMILES string of the molecule is CCc1cc(S(=O)(=O)NC2CCc3nn(C)c(=O)n3CC2)ccc1OC. The topological polar surface area (TPSA) is 95.2 Å². The highest BCUT2D eigenvalue weighted by Crippen LogP contribution is 2.23. The fourth-order valence-electron chi connectivity index (χ4n) is 3.30. The van der Waals surface area contributed by atoms with Crippen molar-refractivity contribution < 1.29 is 13.2 Å². The zero-order valence-corrected chi connectivity index (χ0v) is 16.0. The first-order chi connectivity index (χ1) is 12.4. The Hall–Kier alpha value is -2.13. The quantitative estimate of drug-likeness (QED) is 0.829. The van der Waals surface area contributed by atoms with Gasteiger partial charge >= 0.3 is 5.69 Å². The van der Waals surface area contributed by atoms with Crippen LogP contribution in [0.15, 0.2) is 27.9 Å². The summed E-state index contributed by atoms with van der Waals surface area (Å²) in [5, 5.41) is 4.22. The van der Waals surface area contributed by atoms with Crippen LogP contribution in [0.1, 0.15) is 31.2 Å². The lowest BCUT2D eigenvalue weighted by Crippen LogP contribution is -2.35. The molecule has 1 aromatic carbocycles. The highest BCUT2D eigenvalue weighted by Gasteiger charge is 2.25. The second-order valence-electron chi connectivity index (χ2n) is 6.45. The summed E-state index contributed by atoms with van der Waals surface area (Å²) < 4.78 is 36.5. The van der Waals surface area contributed by atoms with E-state index in [1.807, 2.05) is 6.92 Å². The Morgan fingerprint density at radius 2 is 2.12 bits per heavy atom. The third kappa shape index (κ3) is 3.54. The molecular formula is C17H24N4O4S. The Kier molecular flexibility index (Phi) is 5.19. The molecule has 0 bridgehead atoms. The molecule has 1 aliphatic heterocycles. The van der Waals surface area contributed by atoms with E-state index in [1.54, 1.807) is 36.9 Å². The van der Waals surface area contributed by atoms with Gasteiger partial charge in [0.2, 0.25) is 10.0 Å². The second kappa shape index (κ2) is 7.24. The molecular weight excluding hydrogens is 356 g/mol. The molecule has 0 amide bonds. The maximum atomic E-state index is 12.8. The van der Waals surface area contributed by atoms with Crippen molar-refractivity contribution in [2.75, 3.05) is 7.11 Å². The average molecular weight is 380 g/mol. The lowest BCUT2D eigenvalue weighted by Gasteiger charge is -2.17. The van der Waals surface area contributed by atoms with E-state index >= 15 is 0 Å². The molecule has 26 heavy (non-hydrogen) atoms. The van der Waals surface area contributed by atoms with E-state index in [1.165, 1.54) is 4.68 Å². The zero-order chi connectivity index (χ0) is 18.9. The molecule has 1 aromatic heterocycles. The van der Waals surface area contributed by atoms with Crippen LogP contribution in [0.4, 0.5) is 0 Å². The molecule has 0 saturated carbocycles. The summed E-state index contributed by atoms with van der Waals surface area (Å²) in [5.41, 5.74) is 0.686. The number of ether oxygens (including phenoxy) is 1. The van der Waals surface area contributed by atoms with Crippen LogP contribution in [-0.2, 0) is 36.5 Å². The maximum Gasteiger partial charge on any atom is 0.345 e. The fourth-order valence-corrected chi connectivity index (χ4v) is 4.66. The molecule has 0 fully saturated rings.